The topological polar surface area (TPSA) is 24.9 Å². The maximum Gasteiger partial charge on any atom is 0.0761 e. The van der Waals surface area contributed by atoms with Crippen molar-refractivity contribution in [1.82, 2.24) is 10.3 Å². The van der Waals surface area contributed by atoms with Gasteiger partial charge in [0.05, 0.1) is 5.52 Å². The molecule has 0 amide bonds. The van der Waals surface area contributed by atoms with Crippen LogP contribution >= 0.6 is 11.6 Å². The molecule has 2 unspecified atom stereocenters. The Morgan fingerprint density at radius 2 is 2.28 bits per heavy atom. The Bertz CT molecular complexity index is 567. The molecule has 0 spiro atoms. The number of nitrogens with zero attached hydrogens (tertiary/aromatic N) is 1. The smallest absolute Gasteiger partial charge is 0.0761 e. The molecular weight excluding hydrogens is 244 g/mol. The van der Waals surface area contributed by atoms with E-state index in [4.69, 9.17) is 11.6 Å². The minimum Gasteiger partial charge on any atom is -0.310 e. The van der Waals surface area contributed by atoms with Gasteiger partial charge in [-0.2, -0.15) is 0 Å². The number of pyridine rings is 1. The van der Waals surface area contributed by atoms with Crippen LogP contribution in [0.2, 0.25) is 5.02 Å². The molecule has 1 N–H and O–H groups in total. The van der Waals surface area contributed by atoms with Gasteiger partial charge in [-0.25, -0.2) is 0 Å². The van der Waals surface area contributed by atoms with E-state index >= 15 is 0 Å². The van der Waals surface area contributed by atoms with Gasteiger partial charge in [-0.1, -0.05) is 31.0 Å². The molecule has 0 radical (unpaired) electrons. The number of hydrogen-bond acceptors (Lipinski definition) is 2. The highest BCUT2D eigenvalue weighted by Gasteiger charge is 2.34. The molecule has 0 saturated heterocycles. The molecule has 2 atom stereocenters. The first-order valence-corrected chi connectivity index (χ1v) is 6.93. The van der Waals surface area contributed by atoms with Gasteiger partial charge in [-0.15, -0.1) is 0 Å². The molecule has 3 heteroatoms. The van der Waals surface area contributed by atoms with Crippen molar-refractivity contribution in [2.45, 2.75) is 32.4 Å². The molecule has 18 heavy (non-hydrogen) atoms. The second-order valence-corrected chi connectivity index (χ2v) is 5.40. The van der Waals surface area contributed by atoms with Gasteiger partial charge in [0.25, 0.3) is 0 Å². The summed E-state index contributed by atoms with van der Waals surface area (Å²) in [5.74, 6) is 0.872. The molecule has 1 fully saturated rings. The summed E-state index contributed by atoms with van der Waals surface area (Å²) in [4.78, 5) is 4.46. The predicted octanol–water partition coefficient (Wildman–Crippen LogP) is 3.78. The highest BCUT2D eigenvalue weighted by Crippen LogP contribution is 2.33. The molecule has 1 saturated carbocycles. The SMILES string of the molecule is CCC1CC1NCc1ccc(Cl)c2cccnc12. The van der Waals surface area contributed by atoms with Crippen LogP contribution in [0.25, 0.3) is 10.9 Å². The highest BCUT2D eigenvalue weighted by atomic mass is 35.5. The molecule has 1 aromatic carbocycles. The average Bonchev–Trinajstić information content (AvgIpc) is 3.17. The van der Waals surface area contributed by atoms with Crippen molar-refractivity contribution in [3.05, 3.63) is 41.0 Å². The second kappa shape index (κ2) is 4.87. The quantitative estimate of drug-likeness (QED) is 0.905. The Morgan fingerprint density at radius 1 is 1.39 bits per heavy atom. The van der Waals surface area contributed by atoms with Crippen LogP contribution in [0.1, 0.15) is 25.3 Å². The van der Waals surface area contributed by atoms with E-state index in [9.17, 15) is 0 Å². The summed E-state index contributed by atoms with van der Waals surface area (Å²) in [5, 5.41) is 5.42. The van der Waals surface area contributed by atoms with Crippen molar-refractivity contribution in [2.24, 2.45) is 5.92 Å². The van der Waals surface area contributed by atoms with Crippen LogP contribution in [0.4, 0.5) is 0 Å². The van der Waals surface area contributed by atoms with E-state index in [0.29, 0.717) is 6.04 Å². The standard InChI is InChI=1S/C15H17ClN2/c1-2-10-8-14(10)18-9-11-5-6-13(16)12-4-3-7-17-15(11)12/h3-7,10,14,18H,2,8-9H2,1H3. The van der Waals surface area contributed by atoms with Crippen LogP contribution in [-0.4, -0.2) is 11.0 Å². The molecule has 1 aliphatic carbocycles. The summed E-state index contributed by atoms with van der Waals surface area (Å²) in [7, 11) is 0. The van der Waals surface area contributed by atoms with E-state index in [1.165, 1.54) is 18.4 Å². The van der Waals surface area contributed by atoms with E-state index in [1.54, 1.807) is 0 Å². The minimum atomic E-state index is 0.699. The lowest BCUT2D eigenvalue weighted by Crippen LogP contribution is -2.17. The van der Waals surface area contributed by atoms with Crippen molar-refractivity contribution in [1.29, 1.82) is 0 Å². The highest BCUT2D eigenvalue weighted by molar-refractivity contribution is 6.35. The maximum atomic E-state index is 6.19. The number of aromatic nitrogens is 1. The summed E-state index contributed by atoms with van der Waals surface area (Å²) < 4.78 is 0. The number of benzene rings is 1. The number of rotatable bonds is 4. The fraction of sp³-hybridized carbons (Fsp3) is 0.400. The third-order valence-corrected chi connectivity index (χ3v) is 4.13. The summed E-state index contributed by atoms with van der Waals surface area (Å²) in [6.45, 7) is 3.14. The van der Waals surface area contributed by atoms with Crippen molar-refractivity contribution in [3.8, 4) is 0 Å². The van der Waals surface area contributed by atoms with Gasteiger partial charge in [0.2, 0.25) is 0 Å². The van der Waals surface area contributed by atoms with Crippen LogP contribution in [0.15, 0.2) is 30.5 Å². The molecule has 1 aromatic heterocycles. The molecule has 0 aliphatic heterocycles. The van der Waals surface area contributed by atoms with Gasteiger partial charge in [0.1, 0.15) is 0 Å². The maximum absolute atomic E-state index is 6.19. The summed E-state index contributed by atoms with van der Waals surface area (Å²) >= 11 is 6.19. The summed E-state index contributed by atoms with van der Waals surface area (Å²) in [6.07, 6.45) is 4.42. The lowest BCUT2D eigenvalue weighted by atomic mass is 10.1. The zero-order chi connectivity index (χ0) is 12.5. The first-order chi connectivity index (χ1) is 8.79. The van der Waals surface area contributed by atoms with Gasteiger partial charge >= 0.3 is 0 Å². The third kappa shape index (κ3) is 2.23. The van der Waals surface area contributed by atoms with Crippen molar-refractivity contribution in [3.63, 3.8) is 0 Å². The van der Waals surface area contributed by atoms with Gasteiger partial charge in [0.15, 0.2) is 0 Å². The first kappa shape index (κ1) is 11.9. The normalized spacial score (nSPS) is 22.3. The summed E-state index contributed by atoms with van der Waals surface area (Å²) in [5.41, 5.74) is 2.25. The molecular formula is C15H17ClN2. The lowest BCUT2D eigenvalue weighted by molar-refractivity contribution is 0.624. The van der Waals surface area contributed by atoms with Crippen LogP contribution in [0.5, 0.6) is 0 Å². The van der Waals surface area contributed by atoms with Crippen molar-refractivity contribution in [2.75, 3.05) is 0 Å². The second-order valence-electron chi connectivity index (χ2n) is 5.00. The van der Waals surface area contributed by atoms with Crippen LogP contribution in [0.3, 0.4) is 0 Å². The number of halogens is 1. The average molecular weight is 261 g/mol. The molecule has 2 aromatic rings. The zero-order valence-electron chi connectivity index (χ0n) is 10.5. The first-order valence-electron chi connectivity index (χ1n) is 6.55. The zero-order valence-corrected chi connectivity index (χ0v) is 11.2. The van der Waals surface area contributed by atoms with Gasteiger partial charge < -0.3 is 5.32 Å². The molecule has 94 valence electrons. The summed E-state index contributed by atoms with van der Waals surface area (Å²) in [6, 6.07) is 8.70. The van der Waals surface area contributed by atoms with Crippen LogP contribution in [-0.2, 0) is 6.54 Å². The molecule has 3 rings (SSSR count). The van der Waals surface area contributed by atoms with E-state index in [0.717, 1.165) is 28.4 Å². The van der Waals surface area contributed by atoms with Gasteiger partial charge in [0, 0.05) is 29.2 Å². The van der Waals surface area contributed by atoms with E-state index in [1.807, 2.05) is 24.4 Å². The van der Waals surface area contributed by atoms with E-state index in [-0.39, 0.29) is 0 Å². The van der Waals surface area contributed by atoms with Gasteiger partial charge in [-0.05, 0) is 36.1 Å². The predicted molar refractivity (Wildman–Crippen MR) is 75.8 cm³/mol. The minimum absolute atomic E-state index is 0.699. The Labute approximate surface area is 112 Å². The molecule has 1 aliphatic rings. The Kier molecular flexibility index (Phi) is 3.23. The van der Waals surface area contributed by atoms with E-state index < -0.39 is 0 Å². The fourth-order valence-electron chi connectivity index (χ4n) is 2.53. The molecule has 2 nitrogen and oxygen atoms in total. The number of hydrogen-bond donors (Lipinski definition) is 1. The monoisotopic (exact) mass is 260 g/mol. The lowest BCUT2D eigenvalue weighted by Gasteiger charge is -2.08. The van der Waals surface area contributed by atoms with Crippen molar-refractivity contribution >= 4 is 22.5 Å². The Hall–Kier alpha value is -1.12. The molecule has 1 heterocycles. The Morgan fingerprint density at radius 3 is 3.06 bits per heavy atom. The van der Waals surface area contributed by atoms with Crippen LogP contribution < -0.4 is 5.32 Å². The largest absolute Gasteiger partial charge is 0.310 e. The Balaban J connectivity index is 1.82. The van der Waals surface area contributed by atoms with Crippen molar-refractivity contribution < 1.29 is 0 Å². The van der Waals surface area contributed by atoms with Crippen LogP contribution in [0, 0.1) is 5.92 Å². The van der Waals surface area contributed by atoms with E-state index in [2.05, 4.69) is 23.3 Å². The molecule has 0 bridgehead atoms. The third-order valence-electron chi connectivity index (χ3n) is 3.80. The fourth-order valence-corrected chi connectivity index (χ4v) is 2.74. The number of fused-ring (bicyclic) bond motifs is 1. The van der Waals surface area contributed by atoms with Gasteiger partial charge in [-0.3, -0.25) is 4.98 Å². The number of nitrogens with one attached hydrogen (secondary N) is 1.